The number of carbonyl (C=O) groups is 1. The first kappa shape index (κ1) is 11.7. The number of amides is 1. The molecule has 1 fully saturated rings. The van der Waals surface area contributed by atoms with Crippen LogP contribution in [0.5, 0.6) is 0 Å². The lowest BCUT2D eigenvalue weighted by Gasteiger charge is -2.18. The van der Waals surface area contributed by atoms with Crippen LogP contribution in [-0.4, -0.2) is 18.5 Å². The molecule has 3 nitrogen and oxygen atoms in total. The molecule has 1 aliphatic carbocycles. The highest BCUT2D eigenvalue weighted by Gasteiger charge is 2.29. The minimum Gasteiger partial charge on any atom is -0.349 e. The summed E-state index contributed by atoms with van der Waals surface area (Å²) in [5.74, 6) is 0.774. The molecule has 1 saturated carbocycles. The summed E-state index contributed by atoms with van der Waals surface area (Å²) in [4.78, 5) is 12.1. The van der Waals surface area contributed by atoms with Crippen LogP contribution in [0.4, 0.5) is 0 Å². The first-order valence-electron chi connectivity index (χ1n) is 6.87. The van der Waals surface area contributed by atoms with Crippen molar-refractivity contribution in [2.24, 2.45) is 5.92 Å². The van der Waals surface area contributed by atoms with Gasteiger partial charge in [0, 0.05) is 18.2 Å². The van der Waals surface area contributed by atoms with Crippen LogP contribution in [-0.2, 0) is 13.0 Å². The number of fused-ring (bicyclic) bond motifs is 1. The van der Waals surface area contributed by atoms with Crippen molar-refractivity contribution >= 4 is 5.91 Å². The second-order valence-electron chi connectivity index (χ2n) is 5.51. The number of benzene rings is 1. The molecule has 2 N–H and O–H groups in total. The highest BCUT2D eigenvalue weighted by Crippen LogP contribution is 2.32. The maximum atomic E-state index is 12.1. The van der Waals surface area contributed by atoms with Crippen LogP contribution in [0.1, 0.15) is 41.3 Å². The summed E-state index contributed by atoms with van der Waals surface area (Å²) < 4.78 is 0. The van der Waals surface area contributed by atoms with E-state index in [0.717, 1.165) is 25.1 Å². The molecule has 3 heteroatoms. The lowest BCUT2D eigenvalue weighted by Crippen LogP contribution is -2.34. The Balaban J connectivity index is 1.72. The molecule has 1 aromatic rings. The zero-order valence-electron chi connectivity index (χ0n) is 10.8. The van der Waals surface area contributed by atoms with Crippen molar-refractivity contribution in [3.05, 3.63) is 34.9 Å². The van der Waals surface area contributed by atoms with E-state index in [0.29, 0.717) is 12.0 Å². The predicted octanol–water partition coefficient (Wildman–Crippen LogP) is 1.86. The fraction of sp³-hybridized carbons (Fsp3) is 0.533. The lowest BCUT2D eigenvalue weighted by atomic mass is 9.98. The maximum Gasteiger partial charge on any atom is 0.251 e. The van der Waals surface area contributed by atoms with E-state index in [1.807, 2.05) is 12.1 Å². The molecule has 0 spiro atoms. The number of rotatable bonds is 3. The quantitative estimate of drug-likeness (QED) is 0.852. The Bertz CT molecular complexity index is 466. The van der Waals surface area contributed by atoms with Crippen molar-refractivity contribution in [1.29, 1.82) is 0 Å². The highest BCUT2D eigenvalue weighted by atomic mass is 16.1. The Morgan fingerprint density at radius 1 is 1.39 bits per heavy atom. The fourth-order valence-electron chi connectivity index (χ4n) is 2.63. The molecule has 0 radical (unpaired) electrons. The summed E-state index contributed by atoms with van der Waals surface area (Å²) >= 11 is 0. The molecule has 0 aromatic heterocycles. The summed E-state index contributed by atoms with van der Waals surface area (Å²) in [6.45, 7) is 4.03. The van der Waals surface area contributed by atoms with E-state index >= 15 is 0 Å². The summed E-state index contributed by atoms with van der Waals surface area (Å²) in [6, 6.07) is 6.41. The predicted molar refractivity (Wildman–Crippen MR) is 71.5 cm³/mol. The number of hydrogen-bond acceptors (Lipinski definition) is 2. The second kappa shape index (κ2) is 4.73. The zero-order valence-corrected chi connectivity index (χ0v) is 10.8. The molecule has 1 aliphatic heterocycles. The van der Waals surface area contributed by atoms with Gasteiger partial charge in [0.25, 0.3) is 5.91 Å². The molecule has 18 heavy (non-hydrogen) atoms. The standard InChI is InChI=1S/C15H20N2O/c1-10(11-2-3-11)17-15(18)13-5-4-12-6-7-16-9-14(12)8-13/h4-5,8,10-11,16H,2-3,6-7,9H2,1H3,(H,17,18). The maximum absolute atomic E-state index is 12.1. The van der Waals surface area contributed by atoms with Crippen LogP contribution in [0.3, 0.4) is 0 Å². The van der Waals surface area contributed by atoms with E-state index in [2.05, 4.69) is 23.6 Å². The summed E-state index contributed by atoms with van der Waals surface area (Å²) in [6.07, 6.45) is 3.58. The van der Waals surface area contributed by atoms with Gasteiger partial charge in [-0.15, -0.1) is 0 Å². The van der Waals surface area contributed by atoms with Crippen molar-refractivity contribution in [2.45, 2.75) is 38.8 Å². The molecule has 0 saturated heterocycles. The number of nitrogens with one attached hydrogen (secondary N) is 2. The van der Waals surface area contributed by atoms with Gasteiger partial charge in [-0.05, 0) is 61.9 Å². The van der Waals surface area contributed by atoms with Gasteiger partial charge in [0.05, 0.1) is 0 Å². The van der Waals surface area contributed by atoms with Gasteiger partial charge in [0.2, 0.25) is 0 Å². The summed E-state index contributed by atoms with van der Waals surface area (Å²) in [7, 11) is 0. The van der Waals surface area contributed by atoms with E-state index in [-0.39, 0.29) is 5.91 Å². The molecule has 2 aliphatic rings. The lowest BCUT2D eigenvalue weighted by molar-refractivity contribution is 0.0935. The molecule has 1 heterocycles. The Kier molecular flexibility index (Phi) is 3.08. The average Bonchev–Trinajstić information content (AvgIpc) is 3.22. The van der Waals surface area contributed by atoms with Gasteiger partial charge in [0.1, 0.15) is 0 Å². The van der Waals surface area contributed by atoms with E-state index < -0.39 is 0 Å². The van der Waals surface area contributed by atoms with E-state index in [1.165, 1.54) is 24.0 Å². The van der Waals surface area contributed by atoms with Crippen molar-refractivity contribution < 1.29 is 4.79 Å². The van der Waals surface area contributed by atoms with Crippen LogP contribution in [0, 0.1) is 5.92 Å². The van der Waals surface area contributed by atoms with Crippen LogP contribution >= 0.6 is 0 Å². The molecule has 1 aromatic carbocycles. The van der Waals surface area contributed by atoms with Gasteiger partial charge in [-0.3, -0.25) is 4.79 Å². The topological polar surface area (TPSA) is 41.1 Å². The zero-order chi connectivity index (χ0) is 12.5. The average molecular weight is 244 g/mol. The van der Waals surface area contributed by atoms with Gasteiger partial charge in [-0.2, -0.15) is 0 Å². The summed E-state index contributed by atoms with van der Waals surface area (Å²) in [5, 5.41) is 6.45. The minimum atomic E-state index is 0.0720. The van der Waals surface area contributed by atoms with Crippen LogP contribution in [0.25, 0.3) is 0 Å². The Morgan fingerprint density at radius 2 is 2.22 bits per heavy atom. The van der Waals surface area contributed by atoms with Gasteiger partial charge in [-0.1, -0.05) is 6.07 Å². The van der Waals surface area contributed by atoms with Crippen molar-refractivity contribution in [2.75, 3.05) is 6.54 Å². The third kappa shape index (κ3) is 2.41. The monoisotopic (exact) mass is 244 g/mol. The largest absolute Gasteiger partial charge is 0.349 e. The molecular formula is C15H20N2O. The van der Waals surface area contributed by atoms with Crippen LogP contribution < -0.4 is 10.6 Å². The molecule has 3 rings (SSSR count). The van der Waals surface area contributed by atoms with E-state index in [9.17, 15) is 4.79 Å². The van der Waals surface area contributed by atoms with Crippen molar-refractivity contribution in [3.63, 3.8) is 0 Å². The fourth-order valence-corrected chi connectivity index (χ4v) is 2.63. The van der Waals surface area contributed by atoms with Crippen molar-refractivity contribution in [1.82, 2.24) is 10.6 Å². The smallest absolute Gasteiger partial charge is 0.251 e. The third-order valence-electron chi connectivity index (χ3n) is 4.04. The Morgan fingerprint density at radius 3 is 3.00 bits per heavy atom. The molecule has 1 amide bonds. The molecule has 0 bridgehead atoms. The Hall–Kier alpha value is -1.35. The first-order valence-corrected chi connectivity index (χ1v) is 6.87. The molecule has 96 valence electrons. The van der Waals surface area contributed by atoms with E-state index in [1.54, 1.807) is 0 Å². The number of carbonyl (C=O) groups excluding carboxylic acids is 1. The normalized spacial score (nSPS) is 20.1. The molecule has 1 unspecified atom stereocenters. The van der Waals surface area contributed by atoms with Gasteiger partial charge in [0.15, 0.2) is 0 Å². The number of hydrogen-bond donors (Lipinski definition) is 2. The minimum absolute atomic E-state index is 0.0720. The molecular weight excluding hydrogens is 224 g/mol. The van der Waals surface area contributed by atoms with Gasteiger partial charge in [-0.25, -0.2) is 0 Å². The third-order valence-corrected chi connectivity index (χ3v) is 4.04. The second-order valence-corrected chi connectivity index (χ2v) is 5.51. The van der Waals surface area contributed by atoms with Crippen LogP contribution in [0.2, 0.25) is 0 Å². The SMILES string of the molecule is CC(NC(=O)c1ccc2c(c1)CNCC2)C1CC1. The van der Waals surface area contributed by atoms with Crippen molar-refractivity contribution in [3.8, 4) is 0 Å². The Labute approximate surface area is 108 Å². The van der Waals surface area contributed by atoms with Gasteiger partial charge >= 0.3 is 0 Å². The highest BCUT2D eigenvalue weighted by molar-refractivity contribution is 5.94. The first-order chi connectivity index (χ1) is 8.74. The van der Waals surface area contributed by atoms with Crippen LogP contribution in [0.15, 0.2) is 18.2 Å². The summed E-state index contributed by atoms with van der Waals surface area (Å²) in [5.41, 5.74) is 3.44. The van der Waals surface area contributed by atoms with E-state index in [4.69, 9.17) is 0 Å². The van der Waals surface area contributed by atoms with Gasteiger partial charge < -0.3 is 10.6 Å². The molecule has 1 atom stereocenters.